The monoisotopic (exact) mass is 381 g/mol. The third kappa shape index (κ3) is 6.50. The predicted molar refractivity (Wildman–Crippen MR) is 96.7 cm³/mol. The standard InChI is InChI=1S/C16H16BrNOS2/c17-15-8-6-14(21-15)7-9-16(19)18-10-11-20-12-13-4-2-1-3-5-13/h1-9H,10-12H2,(H,18,19)/b9-7+. The van der Waals surface area contributed by atoms with E-state index in [1.54, 1.807) is 17.4 Å². The number of thioether (sulfide) groups is 1. The highest BCUT2D eigenvalue weighted by Crippen LogP contribution is 2.22. The molecule has 1 heterocycles. The van der Waals surface area contributed by atoms with Gasteiger partial charge in [-0.05, 0) is 39.7 Å². The molecule has 0 aliphatic carbocycles. The molecule has 5 heteroatoms. The second kappa shape index (κ2) is 9.07. The highest BCUT2D eigenvalue weighted by molar-refractivity contribution is 9.11. The van der Waals surface area contributed by atoms with Crippen LogP contribution in [0.5, 0.6) is 0 Å². The Morgan fingerprint density at radius 3 is 2.76 bits per heavy atom. The highest BCUT2D eigenvalue weighted by Gasteiger charge is 1.97. The van der Waals surface area contributed by atoms with Crippen molar-refractivity contribution in [1.29, 1.82) is 0 Å². The number of hydrogen-bond acceptors (Lipinski definition) is 3. The topological polar surface area (TPSA) is 29.1 Å². The summed E-state index contributed by atoms with van der Waals surface area (Å²) in [6.45, 7) is 0.689. The quantitative estimate of drug-likeness (QED) is 0.561. The second-order valence-corrected chi connectivity index (χ2v) is 7.90. The van der Waals surface area contributed by atoms with E-state index in [2.05, 4.69) is 33.4 Å². The molecule has 1 aromatic carbocycles. The molecule has 0 unspecified atom stereocenters. The van der Waals surface area contributed by atoms with Crippen molar-refractivity contribution in [2.75, 3.05) is 12.3 Å². The Labute approximate surface area is 141 Å². The van der Waals surface area contributed by atoms with E-state index >= 15 is 0 Å². The van der Waals surface area contributed by atoms with Crippen molar-refractivity contribution in [2.45, 2.75) is 5.75 Å². The average Bonchev–Trinajstić information content (AvgIpc) is 2.91. The molecule has 0 radical (unpaired) electrons. The van der Waals surface area contributed by atoms with Crippen LogP contribution in [-0.2, 0) is 10.5 Å². The first-order chi connectivity index (χ1) is 10.2. The lowest BCUT2D eigenvalue weighted by Crippen LogP contribution is -2.23. The van der Waals surface area contributed by atoms with Gasteiger partial charge >= 0.3 is 0 Å². The molecule has 1 amide bonds. The highest BCUT2D eigenvalue weighted by atomic mass is 79.9. The molecule has 0 atom stereocenters. The van der Waals surface area contributed by atoms with Gasteiger partial charge in [0.25, 0.3) is 0 Å². The van der Waals surface area contributed by atoms with Gasteiger partial charge in [-0.2, -0.15) is 11.8 Å². The molecule has 2 aromatic rings. The van der Waals surface area contributed by atoms with Crippen molar-refractivity contribution in [3.63, 3.8) is 0 Å². The summed E-state index contributed by atoms with van der Waals surface area (Å²) in [6.07, 6.45) is 3.42. The normalized spacial score (nSPS) is 10.9. The van der Waals surface area contributed by atoms with Crippen LogP contribution in [0.2, 0.25) is 0 Å². The number of amides is 1. The number of hydrogen-bond donors (Lipinski definition) is 1. The van der Waals surface area contributed by atoms with E-state index in [9.17, 15) is 4.79 Å². The Bertz CT molecular complexity index is 595. The predicted octanol–water partition coefficient (Wildman–Crippen LogP) is 4.57. The molecular weight excluding hydrogens is 366 g/mol. The first-order valence-corrected chi connectivity index (χ1v) is 9.33. The number of carbonyl (C=O) groups is 1. The fourth-order valence-corrected chi connectivity index (χ4v) is 3.79. The summed E-state index contributed by atoms with van der Waals surface area (Å²) in [6, 6.07) is 14.3. The maximum Gasteiger partial charge on any atom is 0.244 e. The molecule has 21 heavy (non-hydrogen) atoms. The van der Waals surface area contributed by atoms with Crippen molar-refractivity contribution in [3.05, 3.63) is 62.8 Å². The lowest BCUT2D eigenvalue weighted by Gasteiger charge is -2.03. The zero-order valence-electron chi connectivity index (χ0n) is 11.4. The number of rotatable bonds is 7. The smallest absolute Gasteiger partial charge is 0.244 e. The molecular formula is C16H16BrNOS2. The molecule has 2 rings (SSSR count). The van der Waals surface area contributed by atoms with Gasteiger partial charge < -0.3 is 5.32 Å². The largest absolute Gasteiger partial charge is 0.352 e. The zero-order chi connectivity index (χ0) is 14.9. The summed E-state index contributed by atoms with van der Waals surface area (Å²) in [5, 5.41) is 2.89. The summed E-state index contributed by atoms with van der Waals surface area (Å²) < 4.78 is 1.07. The number of nitrogens with one attached hydrogen (secondary N) is 1. The van der Waals surface area contributed by atoms with Gasteiger partial charge in [-0.25, -0.2) is 0 Å². The van der Waals surface area contributed by atoms with Crippen molar-refractivity contribution >= 4 is 51.0 Å². The lowest BCUT2D eigenvalue weighted by molar-refractivity contribution is -0.116. The third-order valence-electron chi connectivity index (χ3n) is 2.65. The van der Waals surface area contributed by atoms with Crippen LogP contribution in [0.25, 0.3) is 6.08 Å². The Kier molecular flexibility index (Phi) is 7.06. The average molecular weight is 382 g/mol. The molecule has 1 aromatic heterocycles. The molecule has 0 saturated heterocycles. The van der Waals surface area contributed by atoms with E-state index < -0.39 is 0 Å². The first kappa shape index (κ1) is 16.3. The summed E-state index contributed by atoms with van der Waals surface area (Å²) >= 11 is 6.83. The maximum absolute atomic E-state index is 11.6. The van der Waals surface area contributed by atoms with E-state index in [4.69, 9.17) is 0 Å². The van der Waals surface area contributed by atoms with Crippen molar-refractivity contribution in [1.82, 2.24) is 5.32 Å². The fourth-order valence-electron chi connectivity index (χ4n) is 1.65. The molecule has 0 aliphatic heterocycles. The van der Waals surface area contributed by atoms with Crippen molar-refractivity contribution in [2.24, 2.45) is 0 Å². The van der Waals surface area contributed by atoms with Gasteiger partial charge in [0.1, 0.15) is 0 Å². The Hall–Kier alpha value is -1.04. The van der Waals surface area contributed by atoms with Crippen LogP contribution in [0.15, 0.2) is 52.3 Å². The van der Waals surface area contributed by atoms with E-state index in [0.29, 0.717) is 6.54 Å². The first-order valence-electron chi connectivity index (χ1n) is 6.57. The number of benzene rings is 1. The van der Waals surface area contributed by atoms with Crippen molar-refractivity contribution < 1.29 is 4.79 Å². The van der Waals surface area contributed by atoms with Gasteiger partial charge in [0.15, 0.2) is 0 Å². The van der Waals surface area contributed by atoms with Crippen LogP contribution in [0, 0.1) is 0 Å². The SMILES string of the molecule is O=C(/C=C/c1ccc(Br)s1)NCCSCc1ccccc1. The minimum absolute atomic E-state index is 0.0418. The van der Waals surface area contributed by atoms with Gasteiger partial charge in [-0.3, -0.25) is 4.79 Å². The van der Waals surface area contributed by atoms with Gasteiger partial charge in [0.2, 0.25) is 5.91 Å². The lowest BCUT2D eigenvalue weighted by atomic mass is 10.2. The fraction of sp³-hybridized carbons (Fsp3) is 0.188. The molecule has 0 aliphatic rings. The molecule has 0 saturated carbocycles. The van der Waals surface area contributed by atoms with Gasteiger partial charge in [0, 0.05) is 29.0 Å². The second-order valence-electron chi connectivity index (χ2n) is 4.30. The van der Waals surface area contributed by atoms with Crippen molar-refractivity contribution in [3.8, 4) is 0 Å². The summed E-state index contributed by atoms with van der Waals surface area (Å²) in [4.78, 5) is 12.7. The molecule has 0 bridgehead atoms. The minimum atomic E-state index is -0.0418. The summed E-state index contributed by atoms with van der Waals surface area (Å²) in [7, 11) is 0. The van der Waals surface area contributed by atoms with E-state index in [1.165, 1.54) is 5.56 Å². The molecule has 2 nitrogen and oxygen atoms in total. The van der Waals surface area contributed by atoms with Crippen LogP contribution in [0.4, 0.5) is 0 Å². The molecule has 1 N–H and O–H groups in total. The minimum Gasteiger partial charge on any atom is -0.352 e. The van der Waals surface area contributed by atoms with E-state index in [1.807, 2.05) is 48.2 Å². The van der Waals surface area contributed by atoms with Crippen LogP contribution in [0.3, 0.4) is 0 Å². The summed E-state index contributed by atoms with van der Waals surface area (Å²) in [5.74, 6) is 1.86. The Morgan fingerprint density at radius 1 is 1.24 bits per heavy atom. The van der Waals surface area contributed by atoms with Gasteiger partial charge in [-0.1, -0.05) is 30.3 Å². The number of halogens is 1. The maximum atomic E-state index is 11.6. The van der Waals surface area contributed by atoms with Crippen LogP contribution >= 0.6 is 39.0 Å². The van der Waals surface area contributed by atoms with Crippen LogP contribution in [-0.4, -0.2) is 18.2 Å². The Balaban J connectivity index is 1.60. The number of carbonyl (C=O) groups excluding carboxylic acids is 1. The zero-order valence-corrected chi connectivity index (χ0v) is 14.6. The van der Waals surface area contributed by atoms with Gasteiger partial charge in [-0.15, -0.1) is 11.3 Å². The van der Waals surface area contributed by atoms with Crippen LogP contribution < -0.4 is 5.32 Å². The van der Waals surface area contributed by atoms with E-state index in [-0.39, 0.29) is 5.91 Å². The molecule has 0 fully saturated rings. The summed E-state index contributed by atoms with van der Waals surface area (Å²) in [5.41, 5.74) is 1.32. The van der Waals surface area contributed by atoms with Crippen LogP contribution in [0.1, 0.15) is 10.4 Å². The Morgan fingerprint density at radius 2 is 2.05 bits per heavy atom. The molecule has 0 spiro atoms. The number of thiophene rings is 1. The third-order valence-corrected chi connectivity index (χ3v) is 5.27. The molecule has 110 valence electrons. The van der Waals surface area contributed by atoms with Gasteiger partial charge in [0.05, 0.1) is 3.79 Å². The van der Waals surface area contributed by atoms with E-state index in [0.717, 1.165) is 20.2 Å².